The van der Waals surface area contributed by atoms with Crippen molar-refractivity contribution in [1.82, 2.24) is 10.2 Å². The highest BCUT2D eigenvalue weighted by Crippen LogP contribution is 2.08. The smallest absolute Gasteiger partial charge is 0.259 e. The molecular formula is C15H18ClN3O2S. The van der Waals surface area contributed by atoms with Gasteiger partial charge in [0.25, 0.3) is 11.8 Å². The van der Waals surface area contributed by atoms with Gasteiger partial charge in [0.05, 0.1) is 0 Å². The first-order valence-corrected chi connectivity index (χ1v) is 8.66. The Hall–Kier alpha value is -1.71. The molecule has 0 heterocycles. The summed E-state index contributed by atoms with van der Waals surface area (Å²) in [6.07, 6.45) is 3.66. The Morgan fingerprint density at radius 3 is 2.50 bits per heavy atom. The van der Waals surface area contributed by atoms with Gasteiger partial charge in [0, 0.05) is 23.7 Å². The highest BCUT2D eigenvalue weighted by atomic mass is 35.5. The van der Waals surface area contributed by atoms with Crippen molar-refractivity contribution in [2.45, 2.75) is 18.8 Å². The maximum Gasteiger partial charge on any atom is 0.259 e. The third-order valence-corrected chi connectivity index (χ3v) is 3.99. The van der Waals surface area contributed by atoms with E-state index < -0.39 is 11.9 Å². The van der Waals surface area contributed by atoms with Gasteiger partial charge in [-0.1, -0.05) is 12.1 Å². The molecule has 7 heteroatoms. The number of halogens is 1. The molecule has 2 amide bonds. The van der Waals surface area contributed by atoms with Gasteiger partial charge in [-0.15, -0.1) is 11.6 Å². The Morgan fingerprint density at radius 2 is 2.05 bits per heavy atom. The molecule has 1 unspecified atom stereocenters. The fourth-order valence-electron chi connectivity index (χ4n) is 1.79. The molecule has 0 saturated carbocycles. The van der Waals surface area contributed by atoms with Crippen LogP contribution in [0, 0.1) is 11.5 Å². The normalized spacial score (nSPS) is 11.4. The van der Waals surface area contributed by atoms with Crippen LogP contribution in [-0.2, 0) is 10.7 Å². The minimum absolute atomic E-state index is 0.278. The number of amides is 2. The van der Waals surface area contributed by atoms with E-state index in [-0.39, 0.29) is 12.5 Å². The van der Waals surface area contributed by atoms with Gasteiger partial charge in [-0.25, -0.2) is 4.90 Å². The number of benzene rings is 1. The molecule has 22 heavy (non-hydrogen) atoms. The summed E-state index contributed by atoms with van der Waals surface area (Å²) in [7, 11) is 0. The number of hydrogen-bond acceptors (Lipinski definition) is 4. The molecule has 1 rings (SSSR count). The number of nitrogens with one attached hydrogen (secondary N) is 1. The summed E-state index contributed by atoms with van der Waals surface area (Å²) in [5.74, 6) is 0.0404. The van der Waals surface area contributed by atoms with Crippen molar-refractivity contribution in [2.24, 2.45) is 0 Å². The van der Waals surface area contributed by atoms with E-state index in [2.05, 4.69) is 5.32 Å². The number of carbonyl (C=O) groups is 2. The fraction of sp³-hybridized carbons (Fsp3) is 0.400. The first-order chi connectivity index (χ1) is 10.6. The molecule has 0 aliphatic carbocycles. The molecule has 118 valence electrons. The minimum atomic E-state index is -0.727. The van der Waals surface area contributed by atoms with Crippen LogP contribution in [0.3, 0.4) is 0 Å². The number of carbonyl (C=O) groups excluding carboxylic acids is 2. The zero-order valence-corrected chi connectivity index (χ0v) is 14.1. The predicted octanol–water partition coefficient (Wildman–Crippen LogP) is 2.22. The number of alkyl halides is 1. The van der Waals surface area contributed by atoms with Crippen LogP contribution in [0.25, 0.3) is 0 Å². The molecule has 0 spiro atoms. The molecule has 0 radical (unpaired) electrons. The summed E-state index contributed by atoms with van der Waals surface area (Å²) in [5.41, 5.74) is 1.37. The largest absolute Gasteiger partial charge is 0.339 e. The molecule has 1 N–H and O–H groups in total. The standard InChI is InChI=1S/C15H18ClN3O2S/c1-3-19(10-17)15(21)13(9-22-2)18-14(20)12-6-4-11(8-16)5-7-12/h4-7,13H,3,8-9H2,1-2H3,(H,18,20). The van der Waals surface area contributed by atoms with Crippen molar-refractivity contribution >= 4 is 35.2 Å². The second-order valence-corrected chi connectivity index (χ2v) is 5.67. The van der Waals surface area contributed by atoms with Gasteiger partial charge >= 0.3 is 0 Å². The summed E-state index contributed by atoms with van der Waals surface area (Å²) in [4.78, 5) is 25.5. The molecule has 0 fully saturated rings. The first-order valence-electron chi connectivity index (χ1n) is 6.73. The summed E-state index contributed by atoms with van der Waals surface area (Å²) < 4.78 is 0. The quantitative estimate of drug-likeness (QED) is 0.469. The maximum absolute atomic E-state index is 12.2. The second-order valence-electron chi connectivity index (χ2n) is 4.49. The van der Waals surface area contributed by atoms with Gasteiger partial charge in [-0.05, 0) is 30.9 Å². The number of hydrogen-bond donors (Lipinski definition) is 1. The molecular weight excluding hydrogens is 322 g/mol. The Bertz CT molecular complexity index is 557. The Balaban J connectivity index is 2.83. The highest BCUT2D eigenvalue weighted by molar-refractivity contribution is 7.98. The minimum Gasteiger partial charge on any atom is -0.339 e. The zero-order valence-electron chi connectivity index (χ0n) is 12.5. The summed E-state index contributed by atoms with van der Waals surface area (Å²) >= 11 is 7.14. The molecule has 5 nitrogen and oxygen atoms in total. The SMILES string of the molecule is CCN(C#N)C(=O)C(CSC)NC(=O)c1ccc(CCl)cc1. The van der Waals surface area contributed by atoms with Crippen molar-refractivity contribution in [1.29, 1.82) is 5.26 Å². The number of likely N-dealkylation sites (N-methyl/N-ethyl adjacent to an activating group) is 1. The van der Waals surface area contributed by atoms with Crippen LogP contribution in [0.2, 0.25) is 0 Å². The molecule has 1 aromatic rings. The van der Waals surface area contributed by atoms with Crippen LogP contribution < -0.4 is 5.32 Å². The molecule has 0 aromatic heterocycles. The monoisotopic (exact) mass is 339 g/mol. The van der Waals surface area contributed by atoms with Gasteiger partial charge in [0.1, 0.15) is 6.04 Å². The molecule has 1 atom stereocenters. The average Bonchev–Trinajstić information content (AvgIpc) is 2.55. The third kappa shape index (κ3) is 4.93. The maximum atomic E-state index is 12.2. The van der Waals surface area contributed by atoms with Gasteiger partial charge < -0.3 is 5.32 Å². The molecule has 0 aliphatic rings. The topological polar surface area (TPSA) is 73.2 Å². The molecule has 0 saturated heterocycles. The lowest BCUT2D eigenvalue weighted by Crippen LogP contribution is -2.48. The van der Waals surface area contributed by atoms with Crippen molar-refractivity contribution in [3.8, 4) is 6.19 Å². The first kappa shape index (κ1) is 18.3. The number of nitriles is 1. The van der Waals surface area contributed by atoms with Crippen molar-refractivity contribution in [3.63, 3.8) is 0 Å². The summed E-state index contributed by atoms with van der Waals surface area (Å²) in [5, 5.41) is 11.6. The molecule has 0 aliphatic heterocycles. The number of rotatable bonds is 7. The lowest BCUT2D eigenvalue weighted by atomic mass is 10.1. The summed E-state index contributed by atoms with van der Waals surface area (Å²) in [6.45, 7) is 1.99. The van der Waals surface area contributed by atoms with Gasteiger partial charge in [-0.3, -0.25) is 9.59 Å². The second kappa shape index (κ2) is 9.34. The van der Waals surface area contributed by atoms with E-state index in [9.17, 15) is 9.59 Å². The predicted molar refractivity (Wildman–Crippen MR) is 88.6 cm³/mol. The van der Waals surface area contributed by atoms with E-state index in [1.165, 1.54) is 11.8 Å². The average molecular weight is 340 g/mol. The van der Waals surface area contributed by atoms with Crippen LogP contribution in [-0.4, -0.2) is 41.3 Å². The lowest BCUT2D eigenvalue weighted by Gasteiger charge is -2.21. The van der Waals surface area contributed by atoms with Gasteiger partial charge in [0.15, 0.2) is 6.19 Å². The van der Waals surface area contributed by atoms with E-state index in [1.807, 2.05) is 12.4 Å². The highest BCUT2D eigenvalue weighted by Gasteiger charge is 2.25. The number of thioether (sulfide) groups is 1. The third-order valence-electron chi connectivity index (χ3n) is 3.01. The summed E-state index contributed by atoms with van der Waals surface area (Å²) in [6, 6.07) is 6.13. The zero-order chi connectivity index (χ0) is 16.5. The van der Waals surface area contributed by atoms with E-state index in [4.69, 9.17) is 16.9 Å². The van der Waals surface area contributed by atoms with Crippen molar-refractivity contribution in [3.05, 3.63) is 35.4 Å². The Kier molecular flexibility index (Phi) is 7.78. The van der Waals surface area contributed by atoms with E-state index in [0.29, 0.717) is 17.2 Å². The van der Waals surface area contributed by atoms with Crippen LogP contribution in [0.4, 0.5) is 0 Å². The van der Waals surface area contributed by atoms with Crippen LogP contribution >= 0.6 is 23.4 Å². The van der Waals surface area contributed by atoms with Crippen LogP contribution in [0.1, 0.15) is 22.8 Å². The van der Waals surface area contributed by atoms with Crippen molar-refractivity contribution in [2.75, 3.05) is 18.6 Å². The fourth-order valence-corrected chi connectivity index (χ4v) is 2.53. The lowest BCUT2D eigenvalue weighted by molar-refractivity contribution is -0.129. The van der Waals surface area contributed by atoms with Crippen LogP contribution in [0.5, 0.6) is 0 Å². The van der Waals surface area contributed by atoms with E-state index in [0.717, 1.165) is 10.5 Å². The Morgan fingerprint density at radius 1 is 1.41 bits per heavy atom. The molecule has 1 aromatic carbocycles. The van der Waals surface area contributed by atoms with E-state index in [1.54, 1.807) is 31.2 Å². The van der Waals surface area contributed by atoms with E-state index >= 15 is 0 Å². The Labute approximate surface area is 139 Å². The van der Waals surface area contributed by atoms with Gasteiger partial charge in [0.2, 0.25) is 0 Å². The van der Waals surface area contributed by atoms with Crippen LogP contribution in [0.15, 0.2) is 24.3 Å². The van der Waals surface area contributed by atoms with Gasteiger partial charge in [-0.2, -0.15) is 17.0 Å². The van der Waals surface area contributed by atoms with Crippen molar-refractivity contribution < 1.29 is 9.59 Å². The molecule has 0 bridgehead atoms. The number of nitrogens with zero attached hydrogens (tertiary/aromatic N) is 2.